The van der Waals surface area contributed by atoms with Crippen molar-refractivity contribution in [1.29, 1.82) is 0 Å². The van der Waals surface area contributed by atoms with E-state index in [-0.39, 0.29) is 0 Å². The van der Waals surface area contributed by atoms with Gasteiger partial charge in [0, 0.05) is 49.6 Å². The fourth-order valence-corrected chi connectivity index (χ4v) is 3.49. The summed E-state index contributed by atoms with van der Waals surface area (Å²) < 4.78 is 2.15. The standard InChI is InChI=1S/C20H24N6/c1-16-5-2-7-18(13-16)26-12-10-21-19(26)14-24-17-6-3-11-25(15-17)20-22-8-4-9-23-20/h2,4-5,7-10,12-13,17,24H,3,6,11,14-15H2,1H3. The minimum absolute atomic E-state index is 0.412. The molecule has 0 bridgehead atoms. The summed E-state index contributed by atoms with van der Waals surface area (Å²) in [5.41, 5.74) is 2.41. The van der Waals surface area contributed by atoms with Crippen molar-refractivity contribution < 1.29 is 0 Å². The molecule has 6 heteroatoms. The van der Waals surface area contributed by atoms with Gasteiger partial charge in [0.1, 0.15) is 5.82 Å². The van der Waals surface area contributed by atoms with E-state index >= 15 is 0 Å². The summed E-state index contributed by atoms with van der Waals surface area (Å²) in [6, 6.07) is 10.8. The first kappa shape index (κ1) is 16.7. The summed E-state index contributed by atoms with van der Waals surface area (Å²) in [4.78, 5) is 15.6. The Morgan fingerprint density at radius 1 is 1.12 bits per heavy atom. The normalized spacial score (nSPS) is 17.4. The number of hydrogen-bond donors (Lipinski definition) is 1. The van der Waals surface area contributed by atoms with Gasteiger partial charge in [0.15, 0.2) is 0 Å². The average Bonchev–Trinajstić information content (AvgIpc) is 3.16. The van der Waals surface area contributed by atoms with E-state index < -0.39 is 0 Å². The molecule has 1 aliphatic heterocycles. The lowest BCUT2D eigenvalue weighted by Gasteiger charge is -2.33. The molecule has 3 heterocycles. The van der Waals surface area contributed by atoms with Crippen molar-refractivity contribution in [3.63, 3.8) is 0 Å². The lowest BCUT2D eigenvalue weighted by molar-refractivity contribution is 0.413. The second-order valence-electron chi connectivity index (χ2n) is 6.77. The van der Waals surface area contributed by atoms with Crippen molar-refractivity contribution in [2.45, 2.75) is 32.4 Å². The SMILES string of the molecule is Cc1cccc(-n2ccnc2CNC2CCCN(c3ncccn3)C2)c1. The van der Waals surface area contributed by atoms with E-state index in [1.54, 1.807) is 12.4 Å². The van der Waals surface area contributed by atoms with E-state index in [0.717, 1.165) is 49.9 Å². The van der Waals surface area contributed by atoms with Gasteiger partial charge in [-0.3, -0.25) is 0 Å². The monoisotopic (exact) mass is 348 g/mol. The Balaban J connectivity index is 1.41. The van der Waals surface area contributed by atoms with Crippen LogP contribution in [0.2, 0.25) is 0 Å². The molecule has 1 N–H and O–H groups in total. The number of piperidine rings is 1. The van der Waals surface area contributed by atoms with E-state index in [1.807, 2.05) is 18.5 Å². The highest BCUT2D eigenvalue weighted by Gasteiger charge is 2.21. The minimum atomic E-state index is 0.412. The predicted molar refractivity (Wildman–Crippen MR) is 102 cm³/mol. The minimum Gasteiger partial charge on any atom is -0.339 e. The molecule has 2 aromatic heterocycles. The van der Waals surface area contributed by atoms with E-state index in [4.69, 9.17) is 0 Å². The van der Waals surface area contributed by atoms with Crippen molar-refractivity contribution in [3.05, 3.63) is 66.5 Å². The number of anilines is 1. The number of hydrogen-bond acceptors (Lipinski definition) is 5. The van der Waals surface area contributed by atoms with Crippen molar-refractivity contribution in [3.8, 4) is 5.69 Å². The van der Waals surface area contributed by atoms with Gasteiger partial charge in [-0.15, -0.1) is 0 Å². The maximum absolute atomic E-state index is 4.55. The molecule has 1 aromatic carbocycles. The quantitative estimate of drug-likeness (QED) is 0.768. The molecule has 1 atom stereocenters. The maximum Gasteiger partial charge on any atom is 0.225 e. The van der Waals surface area contributed by atoms with Gasteiger partial charge in [-0.25, -0.2) is 15.0 Å². The number of rotatable bonds is 5. The molecule has 0 radical (unpaired) electrons. The summed E-state index contributed by atoms with van der Waals surface area (Å²) >= 11 is 0. The van der Waals surface area contributed by atoms with Crippen LogP contribution in [0.15, 0.2) is 55.1 Å². The smallest absolute Gasteiger partial charge is 0.225 e. The fraction of sp³-hybridized carbons (Fsp3) is 0.350. The van der Waals surface area contributed by atoms with Crippen LogP contribution in [0.5, 0.6) is 0 Å². The lowest BCUT2D eigenvalue weighted by Crippen LogP contribution is -2.46. The zero-order valence-corrected chi connectivity index (χ0v) is 15.0. The van der Waals surface area contributed by atoms with Gasteiger partial charge >= 0.3 is 0 Å². The van der Waals surface area contributed by atoms with Crippen molar-refractivity contribution >= 4 is 5.95 Å². The maximum atomic E-state index is 4.55. The highest BCUT2D eigenvalue weighted by molar-refractivity contribution is 5.36. The summed E-state index contributed by atoms with van der Waals surface area (Å²) in [5.74, 6) is 1.85. The Kier molecular flexibility index (Phi) is 4.93. The summed E-state index contributed by atoms with van der Waals surface area (Å²) in [5, 5.41) is 3.67. The van der Waals surface area contributed by atoms with Gasteiger partial charge in [-0.1, -0.05) is 12.1 Å². The van der Waals surface area contributed by atoms with Crippen LogP contribution in [0, 0.1) is 6.92 Å². The number of aromatic nitrogens is 4. The molecule has 1 aliphatic rings. The summed E-state index contributed by atoms with van der Waals surface area (Å²) in [7, 11) is 0. The first-order chi connectivity index (χ1) is 12.8. The zero-order chi connectivity index (χ0) is 17.8. The van der Waals surface area contributed by atoms with E-state index in [0.29, 0.717) is 6.04 Å². The largest absolute Gasteiger partial charge is 0.339 e. The van der Waals surface area contributed by atoms with Gasteiger partial charge in [0.25, 0.3) is 0 Å². The molecular weight excluding hydrogens is 324 g/mol. The Hall–Kier alpha value is -2.73. The second-order valence-corrected chi connectivity index (χ2v) is 6.77. The molecule has 4 rings (SSSR count). The molecule has 1 unspecified atom stereocenters. The van der Waals surface area contributed by atoms with Crippen LogP contribution >= 0.6 is 0 Å². The number of aryl methyl sites for hydroxylation is 1. The molecule has 3 aromatic rings. The highest BCUT2D eigenvalue weighted by Crippen LogP contribution is 2.16. The van der Waals surface area contributed by atoms with Crippen LogP contribution in [-0.2, 0) is 6.54 Å². The third-order valence-corrected chi connectivity index (χ3v) is 4.80. The molecule has 134 valence electrons. The number of nitrogens with one attached hydrogen (secondary N) is 1. The Bertz CT molecular complexity index is 844. The molecule has 26 heavy (non-hydrogen) atoms. The lowest BCUT2D eigenvalue weighted by atomic mass is 10.1. The second kappa shape index (κ2) is 7.66. The zero-order valence-electron chi connectivity index (χ0n) is 15.0. The Morgan fingerprint density at radius 3 is 2.85 bits per heavy atom. The molecular formula is C20H24N6. The number of benzene rings is 1. The fourth-order valence-electron chi connectivity index (χ4n) is 3.49. The third-order valence-electron chi connectivity index (χ3n) is 4.80. The van der Waals surface area contributed by atoms with Gasteiger partial charge in [-0.05, 0) is 43.5 Å². The van der Waals surface area contributed by atoms with Gasteiger partial charge in [0.05, 0.1) is 6.54 Å². The predicted octanol–water partition coefficient (Wildman–Crippen LogP) is 2.73. The molecule has 0 aliphatic carbocycles. The Morgan fingerprint density at radius 2 is 2.00 bits per heavy atom. The first-order valence-electron chi connectivity index (χ1n) is 9.14. The van der Waals surface area contributed by atoms with Crippen LogP contribution in [0.4, 0.5) is 5.95 Å². The Labute approximate surface area is 153 Å². The van der Waals surface area contributed by atoms with Crippen LogP contribution in [0.3, 0.4) is 0 Å². The van der Waals surface area contributed by atoms with Crippen molar-refractivity contribution in [2.24, 2.45) is 0 Å². The van der Waals surface area contributed by atoms with E-state index in [1.165, 1.54) is 5.56 Å². The molecule has 1 saturated heterocycles. The van der Waals surface area contributed by atoms with Crippen LogP contribution in [0.25, 0.3) is 5.69 Å². The average molecular weight is 348 g/mol. The van der Waals surface area contributed by atoms with Crippen LogP contribution < -0.4 is 10.2 Å². The van der Waals surface area contributed by atoms with Crippen molar-refractivity contribution in [1.82, 2.24) is 24.8 Å². The van der Waals surface area contributed by atoms with Gasteiger partial charge in [-0.2, -0.15) is 0 Å². The number of imidazole rings is 1. The van der Waals surface area contributed by atoms with Crippen LogP contribution in [-0.4, -0.2) is 38.7 Å². The molecule has 6 nitrogen and oxygen atoms in total. The summed E-state index contributed by atoms with van der Waals surface area (Å²) in [6.45, 7) is 4.80. The first-order valence-corrected chi connectivity index (χ1v) is 9.14. The van der Waals surface area contributed by atoms with E-state index in [2.05, 4.69) is 60.9 Å². The topological polar surface area (TPSA) is 58.9 Å². The highest BCUT2D eigenvalue weighted by atomic mass is 15.3. The molecule has 0 amide bonds. The van der Waals surface area contributed by atoms with Crippen molar-refractivity contribution in [2.75, 3.05) is 18.0 Å². The van der Waals surface area contributed by atoms with Gasteiger partial charge in [0.2, 0.25) is 5.95 Å². The number of nitrogens with zero attached hydrogens (tertiary/aromatic N) is 5. The molecule has 1 fully saturated rings. The van der Waals surface area contributed by atoms with E-state index in [9.17, 15) is 0 Å². The molecule has 0 saturated carbocycles. The summed E-state index contributed by atoms with van der Waals surface area (Å²) in [6.07, 6.45) is 9.80. The van der Waals surface area contributed by atoms with Gasteiger partial charge < -0.3 is 14.8 Å². The molecule has 0 spiro atoms. The third kappa shape index (κ3) is 3.75. The van der Waals surface area contributed by atoms with Crippen LogP contribution in [0.1, 0.15) is 24.2 Å².